The fourth-order valence-corrected chi connectivity index (χ4v) is 2.98. The number of benzene rings is 2. The Balaban J connectivity index is 1.64. The summed E-state index contributed by atoms with van der Waals surface area (Å²) in [6, 6.07) is 19.8. The molecule has 0 saturated heterocycles. The van der Waals surface area contributed by atoms with Crippen LogP contribution >= 0.6 is 0 Å². The fourth-order valence-electron chi connectivity index (χ4n) is 2.98. The second-order valence-electron chi connectivity index (χ2n) is 8.09. The molecule has 1 heterocycles. The highest BCUT2D eigenvalue weighted by molar-refractivity contribution is 5.91. The summed E-state index contributed by atoms with van der Waals surface area (Å²) in [5.41, 5.74) is 1.93. The molecule has 1 aromatic heterocycles. The van der Waals surface area contributed by atoms with E-state index in [0.717, 1.165) is 11.1 Å². The highest BCUT2D eigenvalue weighted by Crippen LogP contribution is 2.22. The minimum atomic E-state index is -0.242. The Bertz CT molecular complexity index is 928. The van der Waals surface area contributed by atoms with Gasteiger partial charge in [0.15, 0.2) is 5.76 Å². The van der Waals surface area contributed by atoms with E-state index in [1.165, 1.54) is 12.1 Å². The number of hydrogen-bond acceptors (Lipinski definition) is 3. The van der Waals surface area contributed by atoms with Crippen LogP contribution in [0.4, 0.5) is 4.39 Å². The average Bonchev–Trinajstić information content (AvgIpc) is 3.16. The van der Waals surface area contributed by atoms with Gasteiger partial charge in [-0.2, -0.15) is 0 Å². The first-order chi connectivity index (χ1) is 13.8. The van der Waals surface area contributed by atoms with Crippen molar-refractivity contribution in [2.45, 2.75) is 45.9 Å². The second-order valence-corrected chi connectivity index (χ2v) is 8.09. The van der Waals surface area contributed by atoms with Crippen molar-refractivity contribution in [1.82, 2.24) is 10.2 Å². The van der Waals surface area contributed by atoms with Crippen molar-refractivity contribution in [3.8, 4) is 0 Å². The van der Waals surface area contributed by atoms with Crippen LogP contribution in [0, 0.1) is 5.82 Å². The lowest BCUT2D eigenvalue weighted by molar-refractivity contribution is 0.0903. The second kappa shape index (κ2) is 9.05. The van der Waals surface area contributed by atoms with E-state index >= 15 is 0 Å². The lowest BCUT2D eigenvalue weighted by atomic mass is 10.0. The standard InChI is InChI=1S/C24H27FN2O2/c1-24(2,3)27(16-19-9-11-20(25)12-10-19)17-21-13-14-22(29-21)23(28)26-15-18-7-5-4-6-8-18/h4-14H,15-17H2,1-3H3,(H,26,28). The summed E-state index contributed by atoms with van der Waals surface area (Å²) in [7, 11) is 0. The zero-order valence-corrected chi connectivity index (χ0v) is 17.1. The maximum absolute atomic E-state index is 13.2. The maximum atomic E-state index is 13.2. The molecule has 2 aromatic carbocycles. The summed E-state index contributed by atoms with van der Waals surface area (Å²) in [4.78, 5) is 14.6. The van der Waals surface area contributed by atoms with Crippen LogP contribution in [0.1, 0.15) is 48.2 Å². The Morgan fingerprint density at radius 1 is 0.931 bits per heavy atom. The van der Waals surface area contributed by atoms with Crippen molar-refractivity contribution < 1.29 is 13.6 Å². The minimum absolute atomic E-state index is 0.128. The quantitative estimate of drug-likeness (QED) is 0.603. The average molecular weight is 394 g/mol. The minimum Gasteiger partial charge on any atom is -0.455 e. The van der Waals surface area contributed by atoms with Crippen molar-refractivity contribution in [3.63, 3.8) is 0 Å². The number of nitrogens with one attached hydrogen (secondary N) is 1. The van der Waals surface area contributed by atoms with E-state index in [4.69, 9.17) is 4.42 Å². The number of rotatable bonds is 7. The van der Waals surface area contributed by atoms with E-state index in [9.17, 15) is 9.18 Å². The van der Waals surface area contributed by atoms with E-state index in [1.807, 2.05) is 36.4 Å². The predicted molar refractivity (Wildman–Crippen MR) is 112 cm³/mol. The molecule has 0 bridgehead atoms. The van der Waals surface area contributed by atoms with Gasteiger partial charge in [-0.15, -0.1) is 0 Å². The van der Waals surface area contributed by atoms with Crippen molar-refractivity contribution in [3.05, 3.63) is 95.2 Å². The largest absolute Gasteiger partial charge is 0.455 e. The summed E-state index contributed by atoms with van der Waals surface area (Å²) < 4.78 is 19.0. The van der Waals surface area contributed by atoms with E-state index in [0.29, 0.717) is 31.2 Å². The molecule has 0 atom stereocenters. The van der Waals surface area contributed by atoms with Gasteiger partial charge in [0.25, 0.3) is 5.91 Å². The summed E-state index contributed by atoms with van der Waals surface area (Å²) in [6.07, 6.45) is 0. The monoisotopic (exact) mass is 394 g/mol. The van der Waals surface area contributed by atoms with E-state index in [-0.39, 0.29) is 17.3 Å². The third kappa shape index (κ3) is 6.03. The zero-order chi connectivity index (χ0) is 20.9. The molecule has 0 spiro atoms. The molecule has 1 amide bonds. The van der Waals surface area contributed by atoms with Crippen LogP contribution in [-0.2, 0) is 19.6 Å². The van der Waals surface area contributed by atoms with Gasteiger partial charge < -0.3 is 9.73 Å². The van der Waals surface area contributed by atoms with E-state index in [1.54, 1.807) is 18.2 Å². The maximum Gasteiger partial charge on any atom is 0.287 e. The zero-order valence-electron chi connectivity index (χ0n) is 17.1. The first kappa shape index (κ1) is 20.8. The van der Waals surface area contributed by atoms with Crippen LogP contribution in [0.3, 0.4) is 0 Å². The molecule has 5 heteroatoms. The number of hydrogen-bond donors (Lipinski definition) is 1. The first-order valence-corrected chi connectivity index (χ1v) is 9.71. The number of carbonyl (C=O) groups is 1. The number of furan rings is 1. The normalized spacial score (nSPS) is 11.6. The van der Waals surface area contributed by atoms with E-state index < -0.39 is 0 Å². The highest BCUT2D eigenvalue weighted by atomic mass is 19.1. The molecule has 3 rings (SSSR count). The lowest BCUT2D eigenvalue weighted by Gasteiger charge is -2.35. The van der Waals surface area contributed by atoms with Gasteiger partial charge in [0, 0.05) is 18.6 Å². The van der Waals surface area contributed by atoms with Crippen LogP contribution in [0.15, 0.2) is 71.1 Å². The van der Waals surface area contributed by atoms with Crippen LogP contribution < -0.4 is 5.32 Å². The molecule has 0 aliphatic rings. The van der Waals surface area contributed by atoms with Gasteiger partial charge in [-0.25, -0.2) is 4.39 Å². The Kier molecular flexibility index (Phi) is 6.49. The SMILES string of the molecule is CC(C)(C)N(Cc1ccc(F)cc1)Cc1ccc(C(=O)NCc2ccccc2)o1. The molecule has 3 aromatic rings. The molecule has 29 heavy (non-hydrogen) atoms. The van der Waals surface area contributed by atoms with Crippen molar-refractivity contribution in [2.24, 2.45) is 0 Å². The summed E-state index contributed by atoms with van der Waals surface area (Å²) in [5.74, 6) is 0.535. The Morgan fingerprint density at radius 3 is 2.28 bits per heavy atom. The number of halogens is 1. The third-order valence-electron chi connectivity index (χ3n) is 4.76. The van der Waals surface area contributed by atoms with Crippen molar-refractivity contribution >= 4 is 5.91 Å². The fraction of sp³-hybridized carbons (Fsp3) is 0.292. The topological polar surface area (TPSA) is 45.5 Å². The van der Waals surface area contributed by atoms with Crippen molar-refractivity contribution in [1.29, 1.82) is 0 Å². The van der Waals surface area contributed by atoms with Gasteiger partial charge in [0.05, 0.1) is 6.54 Å². The molecule has 1 N–H and O–H groups in total. The van der Waals surface area contributed by atoms with Gasteiger partial charge in [-0.05, 0) is 56.2 Å². The lowest BCUT2D eigenvalue weighted by Crippen LogP contribution is -2.40. The molecule has 0 radical (unpaired) electrons. The van der Waals surface area contributed by atoms with Crippen LogP contribution in [-0.4, -0.2) is 16.3 Å². The van der Waals surface area contributed by atoms with Crippen LogP contribution in [0.5, 0.6) is 0 Å². The molecular weight excluding hydrogens is 367 g/mol. The van der Waals surface area contributed by atoms with Gasteiger partial charge in [-0.1, -0.05) is 42.5 Å². The Labute approximate surface area is 171 Å². The first-order valence-electron chi connectivity index (χ1n) is 9.71. The van der Waals surface area contributed by atoms with Crippen molar-refractivity contribution in [2.75, 3.05) is 0 Å². The Morgan fingerprint density at radius 2 is 1.62 bits per heavy atom. The van der Waals surface area contributed by atoms with Gasteiger partial charge in [-0.3, -0.25) is 9.69 Å². The van der Waals surface area contributed by atoms with Crippen LogP contribution in [0.2, 0.25) is 0 Å². The van der Waals surface area contributed by atoms with Crippen LogP contribution in [0.25, 0.3) is 0 Å². The summed E-state index contributed by atoms with van der Waals surface area (Å²) in [6.45, 7) is 8.01. The summed E-state index contributed by atoms with van der Waals surface area (Å²) >= 11 is 0. The van der Waals surface area contributed by atoms with Gasteiger partial charge in [0.2, 0.25) is 0 Å². The molecule has 0 fully saturated rings. The number of nitrogens with zero attached hydrogens (tertiary/aromatic N) is 1. The smallest absolute Gasteiger partial charge is 0.287 e. The molecule has 152 valence electrons. The number of carbonyl (C=O) groups excluding carboxylic acids is 1. The number of amides is 1. The summed E-state index contributed by atoms with van der Waals surface area (Å²) in [5, 5.41) is 2.88. The Hall–Kier alpha value is -2.92. The predicted octanol–water partition coefficient (Wildman–Crippen LogP) is 5.15. The molecule has 0 saturated carbocycles. The van der Waals surface area contributed by atoms with E-state index in [2.05, 4.69) is 31.0 Å². The highest BCUT2D eigenvalue weighted by Gasteiger charge is 2.23. The molecule has 4 nitrogen and oxygen atoms in total. The molecule has 0 aliphatic carbocycles. The third-order valence-corrected chi connectivity index (χ3v) is 4.76. The molecule has 0 unspecified atom stereocenters. The van der Waals surface area contributed by atoms with Gasteiger partial charge >= 0.3 is 0 Å². The van der Waals surface area contributed by atoms with Gasteiger partial charge in [0.1, 0.15) is 11.6 Å². The molecular formula is C24H27FN2O2. The molecule has 0 aliphatic heterocycles.